The van der Waals surface area contributed by atoms with Gasteiger partial charge in [0.05, 0.1) is 7.11 Å². The molecule has 6 heteroatoms. The maximum atomic E-state index is 11.0. The van der Waals surface area contributed by atoms with Crippen molar-refractivity contribution < 1.29 is 9.53 Å². The molecule has 2 atom stereocenters. The van der Waals surface area contributed by atoms with Gasteiger partial charge in [-0.1, -0.05) is 0 Å². The van der Waals surface area contributed by atoms with Gasteiger partial charge in [0.25, 0.3) is 0 Å². The molecule has 1 aliphatic heterocycles. The molecule has 2 N–H and O–H groups in total. The van der Waals surface area contributed by atoms with E-state index in [9.17, 15) is 4.79 Å². The molecule has 1 aliphatic rings. The maximum absolute atomic E-state index is 11.0. The zero-order valence-electron chi connectivity index (χ0n) is 7.11. The molecule has 0 fully saturated rings. The van der Waals surface area contributed by atoms with Crippen molar-refractivity contribution >= 4 is 41.1 Å². The lowest BCUT2D eigenvalue weighted by Gasteiger charge is -2.18. The predicted octanol–water partition coefficient (Wildman–Crippen LogP) is 0.121. The number of ether oxygens (including phenoxy) is 1. The Bertz CT molecular complexity index is 252. The summed E-state index contributed by atoms with van der Waals surface area (Å²) < 4.78 is 4.02. The molecule has 0 radical (unpaired) electrons. The first kappa shape index (κ1) is 10.6. The Morgan fingerprint density at radius 2 is 2.54 bits per heavy atom. The van der Waals surface area contributed by atoms with E-state index < -0.39 is 15.6 Å². The van der Waals surface area contributed by atoms with Gasteiger partial charge >= 0.3 is 5.97 Å². The Morgan fingerprint density at radius 3 is 3.00 bits per heavy atom. The van der Waals surface area contributed by atoms with Gasteiger partial charge in [-0.15, -0.1) is 0 Å². The van der Waals surface area contributed by atoms with Gasteiger partial charge in [0.15, 0.2) is 3.55 Å². The van der Waals surface area contributed by atoms with Crippen molar-refractivity contribution in [1.82, 2.24) is 0 Å². The topological polar surface area (TPSA) is 77.0 Å². The normalized spacial score (nSPS) is 27.6. The molecule has 0 saturated carbocycles. The lowest BCUT2D eigenvalue weighted by Crippen LogP contribution is -2.38. The average Bonchev–Trinajstić information content (AvgIpc) is 2.50. The first-order valence-corrected chi connectivity index (χ1v) is 4.75. The minimum absolute atomic E-state index is 0.403. The van der Waals surface area contributed by atoms with E-state index in [1.54, 1.807) is 6.21 Å². The smallest absolute Gasteiger partial charge is 0.322 e. The molecule has 0 saturated heterocycles. The molecule has 0 amide bonds. The van der Waals surface area contributed by atoms with Crippen molar-refractivity contribution in [3.05, 3.63) is 0 Å². The standard InChI is InChI=1S/C7H10IN3O2/c1-13-6(12)5(9)2-7(8)3-10-4-11-7/h3-5H,2,9H2,1H3. The van der Waals surface area contributed by atoms with Crippen molar-refractivity contribution in [2.75, 3.05) is 7.11 Å². The molecular weight excluding hydrogens is 285 g/mol. The van der Waals surface area contributed by atoms with Gasteiger partial charge < -0.3 is 10.5 Å². The molecule has 0 aromatic heterocycles. The first-order chi connectivity index (χ1) is 6.07. The third-order valence-electron chi connectivity index (χ3n) is 1.62. The van der Waals surface area contributed by atoms with Gasteiger partial charge in [-0.2, -0.15) is 0 Å². The lowest BCUT2D eigenvalue weighted by molar-refractivity contribution is -0.142. The number of nitrogens with zero attached hydrogens (tertiary/aromatic N) is 2. The highest BCUT2D eigenvalue weighted by Crippen LogP contribution is 2.26. The fourth-order valence-electron chi connectivity index (χ4n) is 0.959. The van der Waals surface area contributed by atoms with Crippen LogP contribution in [0.25, 0.3) is 0 Å². The molecule has 0 aliphatic carbocycles. The highest BCUT2D eigenvalue weighted by Gasteiger charge is 2.31. The van der Waals surface area contributed by atoms with Crippen LogP contribution in [0.15, 0.2) is 9.98 Å². The Balaban J connectivity index is 2.53. The van der Waals surface area contributed by atoms with E-state index in [-0.39, 0.29) is 0 Å². The SMILES string of the molecule is COC(=O)C(N)CC1(I)C=NC=N1. The average molecular weight is 295 g/mol. The third kappa shape index (κ3) is 2.73. The minimum Gasteiger partial charge on any atom is -0.468 e. The minimum atomic E-state index is -0.649. The number of halogens is 1. The van der Waals surface area contributed by atoms with Crippen molar-refractivity contribution in [2.24, 2.45) is 15.7 Å². The lowest BCUT2D eigenvalue weighted by atomic mass is 10.1. The van der Waals surface area contributed by atoms with Gasteiger partial charge in [-0.05, 0) is 22.6 Å². The molecule has 0 aromatic carbocycles. The van der Waals surface area contributed by atoms with Gasteiger partial charge in [0, 0.05) is 12.6 Å². The molecule has 72 valence electrons. The van der Waals surface area contributed by atoms with E-state index in [0.717, 1.165) is 0 Å². The van der Waals surface area contributed by atoms with E-state index in [0.29, 0.717) is 6.42 Å². The Morgan fingerprint density at radius 1 is 1.85 bits per heavy atom. The fourth-order valence-corrected chi connectivity index (χ4v) is 1.72. The number of carbonyl (C=O) groups is 1. The Labute approximate surface area is 89.6 Å². The summed E-state index contributed by atoms with van der Waals surface area (Å²) in [5.41, 5.74) is 5.58. The van der Waals surface area contributed by atoms with Gasteiger partial charge in [-0.25, -0.2) is 4.99 Å². The summed E-state index contributed by atoms with van der Waals surface area (Å²) in [5.74, 6) is -0.424. The third-order valence-corrected chi connectivity index (χ3v) is 2.62. The van der Waals surface area contributed by atoms with Crippen molar-refractivity contribution in [3.8, 4) is 0 Å². The number of rotatable bonds is 3. The van der Waals surface area contributed by atoms with Crippen LogP contribution in [-0.4, -0.2) is 35.2 Å². The predicted molar refractivity (Wildman–Crippen MR) is 58.3 cm³/mol. The van der Waals surface area contributed by atoms with Crippen molar-refractivity contribution in [3.63, 3.8) is 0 Å². The van der Waals surface area contributed by atoms with Gasteiger partial charge in [0.2, 0.25) is 0 Å². The van der Waals surface area contributed by atoms with E-state index >= 15 is 0 Å². The van der Waals surface area contributed by atoms with Crippen LogP contribution in [0.5, 0.6) is 0 Å². The molecule has 2 unspecified atom stereocenters. The number of esters is 1. The Hall–Kier alpha value is -0.500. The van der Waals surface area contributed by atoms with Gasteiger partial charge in [0.1, 0.15) is 12.4 Å². The summed E-state index contributed by atoms with van der Waals surface area (Å²) in [7, 11) is 1.31. The molecule has 13 heavy (non-hydrogen) atoms. The van der Waals surface area contributed by atoms with Gasteiger partial charge in [-0.3, -0.25) is 9.79 Å². The van der Waals surface area contributed by atoms with E-state index in [4.69, 9.17) is 5.73 Å². The second kappa shape index (κ2) is 4.14. The van der Waals surface area contributed by atoms with Crippen molar-refractivity contribution in [2.45, 2.75) is 16.0 Å². The van der Waals surface area contributed by atoms with Crippen molar-refractivity contribution in [1.29, 1.82) is 0 Å². The van der Waals surface area contributed by atoms with Crippen LogP contribution < -0.4 is 5.73 Å². The summed E-state index contributed by atoms with van der Waals surface area (Å²) in [4.78, 5) is 18.9. The number of aliphatic imine (C=N–C) groups is 2. The monoisotopic (exact) mass is 295 g/mol. The molecule has 0 spiro atoms. The summed E-state index contributed by atoms with van der Waals surface area (Å²) in [6, 6.07) is -0.649. The van der Waals surface area contributed by atoms with Crippen LogP contribution in [0.4, 0.5) is 0 Å². The van der Waals surface area contributed by atoms with Crippen LogP contribution in [0.2, 0.25) is 0 Å². The number of hydrogen-bond acceptors (Lipinski definition) is 5. The second-order valence-electron chi connectivity index (χ2n) is 2.68. The molecular formula is C7H10IN3O2. The Kier molecular flexibility index (Phi) is 3.37. The van der Waals surface area contributed by atoms with Crippen LogP contribution in [0, 0.1) is 0 Å². The number of carbonyl (C=O) groups excluding carboxylic acids is 1. The van der Waals surface area contributed by atoms with E-state index in [1.165, 1.54) is 13.4 Å². The largest absolute Gasteiger partial charge is 0.468 e. The van der Waals surface area contributed by atoms with Crippen LogP contribution in [0.1, 0.15) is 6.42 Å². The number of nitrogens with two attached hydrogens (primary N) is 1. The van der Waals surface area contributed by atoms with Crippen LogP contribution in [0.3, 0.4) is 0 Å². The number of hydrogen-bond donors (Lipinski definition) is 1. The molecule has 0 bridgehead atoms. The first-order valence-electron chi connectivity index (χ1n) is 3.68. The summed E-state index contributed by atoms with van der Waals surface area (Å²) in [6.07, 6.45) is 3.52. The highest BCUT2D eigenvalue weighted by molar-refractivity contribution is 14.1. The zero-order valence-corrected chi connectivity index (χ0v) is 9.26. The maximum Gasteiger partial charge on any atom is 0.322 e. The van der Waals surface area contributed by atoms with E-state index in [1.807, 2.05) is 0 Å². The number of methoxy groups -OCH3 is 1. The van der Waals surface area contributed by atoms with Crippen LogP contribution >= 0.6 is 22.6 Å². The molecule has 1 rings (SSSR count). The summed E-state index contributed by atoms with van der Waals surface area (Å²) in [6.45, 7) is 0. The summed E-state index contributed by atoms with van der Waals surface area (Å²) in [5, 5.41) is 0. The molecule has 1 heterocycles. The zero-order chi connectivity index (χ0) is 9.90. The van der Waals surface area contributed by atoms with E-state index in [2.05, 4.69) is 37.3 Å². The summed E-state index contributed by atoms with van der Waals surface area (Å²) >= 11 is 2.10. The van der Waals surface area contributed by atoms with Crippen LogP contribution in [-0.2, 0) is 9.53 Å². The fraction of sp³-hybridized carbons (Fsp3) is 0.571. The number of alkyl halides is 1. The quantitative estimate of drug-likeness (QED) is 0.348. The molecule has 0 aromatic rings. The highest BCUT2D eigenvalue weighted by atomic mass is 127. The molecule has 5 nitrogen and oxygen atoms in total. The second-order valence-corrected chi connectivity index (χ2v) is 4.54.